The van der Waals surface area contributed by atoms with Gasteiger partial charge in [-0.25, -0.2) is 8.42 Å². The van der Waals surface area contributed by atoms with Crippen LogP contribution in [0.3, 0.4) is 0 Å². The van der Waals surface area contributed by atoms with Gasteiger partial charge < -0.3 is 10.6 Å². The van der Waals surface area contributed by atoms with Crippen molar-refractivity contribution in [3.8, 4) is 0 Å². The van der Waals surface area contributed by atoms with Gasteiger partial charge in [-0.1, -0.05) is 26.2 Å². The largest absolute Gasteiger partial charge is 0.338 e. The highest BCUT2D eigenvalue weighted by Crippen LogP contribution is 2.30. The fourth-order valence-electron chi connectivity index (χ4n) is 4.12. The van der Waals surface area contributed by atoms with E-state index in [0.29, 0.717) is 25.2 Å². The first-order valence-electron chi connectivity index (χ1n) is 9.84. The summed E-state index contributed by atoms with van der Waals surface area (Å²) in [5.41, 5.74) is 6.31. The lowest BCUT2D eigenvalue weighted by Crippen LogP contribution is -2.38. The molecule has 1 heterocycles. The van der Waals surface area contributed by atoms with Gasteiger partial charge >= 0.3 is 0 Å². The van der Waals surface area contributed by atoms with E-state index in [2.05, 4.69) is 6.92 Å². The minimum Gasteiger partial charge on any atom is -0.338 e. The lowest BCUT2D eigenvalue weighted by molar-refractivity contribution is 0.0777. The van der Waals surface area contributed by atoms with Gasteiger partial charge in [-0.15, -0.1) is 0 Å². The molecule has 2 N–H and O–H groups in total. The Hall–Kier alpha value is -1.44. The minimum absolute atomic E-state index is 0.0261. The Kier molecular flexibility index (Phi) is 5.93. The Labute approximate surface area is 162 Å². The van der Waals surface area contributed by atoms with Crippen molar-refractivity contribution < 1.29 is 13.2 Å². The van der Waals surface area contributed by atoms with Crippen molar-refractivity contribution in [2.45, 2.75) is 56.4 Å². The molecule has 2 fully saturated rings. The molecule has 27 heavy (non-hydrogen) atoms. The maximum absolute atomic E-state index is 12.9. The van der Waals surface area contributed by atoms with Gasteiger partial charge in [-0.3, -0.25) is 4.79 Å². The van der Waals surface area contributed by atoms with E-state index in [-0.39, 0.29) is 22.3 Å². The molecule has 1 aliphatic carbocycles. The zero-order valence-corrected chi connectivity index (χ0v) is 17.2. The second kappa shape index (κ2) is 7.89. The van der Waals surface area contributed by atoms with Crippen LogP contribution in [-0.4, -0.2) is 56.3 Å². The zero-order chi connectivity index (χ0) is 19.7. The van der Waals surface area contributed by atoms with Crippen LogP contribution in [0.4, 0.5) is 0 Å². The van der Waals surface area contributed by atoms with Gasteiger partial charge in [0.2, 0.25) is 10.0 Å². The zero-order valence-electron chi connectivity index (χ0n) is 16.4. The van der Waals surface area contributed by atoms with Crippen molar-refractivity contribution in [3.05, 3.63) is 29.8 Å². The molecule has 150 valence electrons. The standard InChI is InChI=1S/C20H31N3O3S/c1-20(14-21)12-13-23(15-20)19(24)16-8-10-18(11-9-16)27(25,26)22(2)17-6-4-3-5-7-17/h8-11,17H,3-7,12-15,21H2,1-2H3. The first-order valence-corrected chi connectivity index (χ1v) is 11.3. The predicted octanol–water partition coefficient (Wildman–Crippen LogP) is 2.45. The van der Waals surface area contributed by atoms with E-state index in [0.717, 1.165) is 32.1 Å². The van der Waals surface area contributed by atoms with Gasteiger partial charge in [-0.05, 0) is 55.5 Å². The van der Waals surface area contributed by atoms with Crippen molar-refractivity contribution in [3.63, 3.8) is 0 Å². The Morgan fingerprint density at radius 3 is 2.41 bits per heavy atom. The molecular weight excluding hydrogens is 362 g/mol. The Morgan fingerprint density at radius 2 is 1.85 bits per heavy atom. The Balaban J connectivity index is 1.72. The first-order chi connectivity index (χ1) is 12.8. The molecule has 0 aromatic heterocycles. The fourth-order valence-corrected chi connectivity index (χ4v) is 5.54. The molecule has 1 saturated carbocycles. The summed E-state index contributed by atoms with van der Waals surface area (Å²) in [7, 11) is -1.86. The van der Waals surface area contributed by atoms with Gasteiger partial charge in [0, 0.05) is 31.7 Å². The van der Waals surface area contributed by atoms with Gasteiger partial charge in [0.25, 0.3) is 5.91 Å². The van der Waals surface area contributed by atoms with E-state index < -0.39 is 10.0 Å². The van der Waals surface area contributed by atoms with Crippen molar-refractivity contribution >= 4 is 15.9 Å². The summed E-state index contributed by atoms with van der Waals surface area (Å²) in [6, 6.07) is 6.44. The molecule has 0 bridgehead atoms. The third-order valence-corrected chi connectivity index (χ3v) is 8.13. The molecule has 1 aliphatic heterocycles. The highest BCUT2D eigenvalue weighted by Gasteiger charge is 2.35. The monoisotopic (exact) mass is 393 g/mol. The van der Waals surface area contributed by atoms with E-state index in [1.807, 2.05) is 4.90 Å². The van der Waals surface area contributed by atoms with E-state index in [1.54, 1.807) is 31.3 Å². The average molecular weight is 394 g/mol. The summed E-state index contributed by atoms with van der Waals surface area (Å²) < 4.78 is 27.3. The molecule has 7 heteroatoms. The number of nitrogens with two attached hydrogens (primary N) is 1. The molecule has 0 radical (unpaired) electrons. The third-order valence-electron chi connectivity index (χ3n) is 6.21. The molecule has 1 amide bonds. The number of carbonyl (C=O) groups is 1. The third kappa shape index (κ3) is 4.20. The number of carbonyl (C=O) groups excluding carboxylic acids is 1. The van der Waals surface area contributed by atoms with Gasteiger partial charge in [0.1, 0.15) is 0 Å². The number of rotatable bonds is 5. The Bertz CT molecular complexity index is 772. The van der Waals surface area contributed by atoms with Crippen LogP contribution in [0, 0.1) is 5.41 Å². The van der Waals surface area contributed by atoms with E-state index in [9.17, 15) is 13.2 Å². The maximum atomic E-state index is 12.9. The van der Waals surface area contributed by atoms with Crippen LogP contribution in [0.5, 0.6) is 0 Å². The highest BCUT2D eigenvalue weighted by molar-refractivity contribution is 7.89. The minimum atomic E-state index is -3.53. The molecule has 2 aliphatic rings. The van der Waals surface area contributed by atoms with E-state index >= 15 is 0 Å². The molecule has 1 aromatic carbocycles. The summed E-state index contributed by atoms with van der Waals surface area (Å²) >= 11 is 0. The molecule has 6 nitrogen and oxygen atoms in total. The number of hydrogen-bond acceptors (Lipinski definition) is 4. The molecule has 1 saturated heterocycles. The Morgan fingerprint density at radius 1 is 1.22 bits per heavy atom. The highest BCUT2D eigenvalue weighted by atomic mass is 32.2. The van der Waals surface area contributed by atoms with Gasteiger partial charge in [-0.2, -0.15) is 4.31 Å². The number of sulfonamides is 1. The number of likely N-dealkylation sites (tertiary alicyclic amines) is 1. The number of amides is 1. The van der Waals surface area contributed by atoms with Crippen molar-refractivity contribution in [1.29, 1.82) is 0 Å². The summed E-state index contributed by atoms with van der Waals surface area (Å²) in [4.78, 5) is 14.8. The number of benzene rings is 1. The number of nitrogens with zero attached hydrogens (tertiary/aromatic N) is 2. The normalized spacial score (nSPS) is 24.5. The molecular formula is C20H31N3O3S. The van der Waals surface area contributed by atoms with Crippen molar-refractivity contribution in [1.82, 2.24) is 9.21 Å². The summed E-state index contributed by atoms with van der Waals surface area (Å²) in [6.45, 7) is 3.99. The topological polar surface area (TPSA) is 83.7 Å². The van der Waals surface area contributed by atoms with Crippen LogP contribution in [0.2, 0.25) is 0 Å². The smallest absolute Gasteiger partial charge is 0.253 e. The lowest BCUT2D eigenvalue weighted by Gasteiger charge is -2.30. The summed E-state index contributed by atoms with van der Waals surface area (Å²) in [6.07, 6.45) is 6.07. The summed E-state index contributed by atoms with van der Waals surface area (Å²) in [5, 5.41) is 0. The predicted molar refractivity (Wildman–Crippen MR) is 106 cm³/mol. The average Bonchev–Trinajstić information content (AvgIpc) is 3.10. The summed E-state index contributed by atoms with van der Waals surface area (Å²) in [5.74, 6) is -0.0586. The quantitative estimate of drug-likeness (QED) is 0.833. The van der Waals surface area contributed by atoms with Crippen LogP contribution in [0.25, 0.3) is 0 Å². The maximum Gasteiger partial charge on any atom is 0.253 e. The lowest BCUT2D eigenvalue weighted by atomic mass is 9.90. The van der Waals surface area contributed by atoms with Crippen LogP contribution in [-0.2, 0) is 10.0 Å². The molecule has 1 unspecified atom stereocenters. The molecule has 1 atom stereocenters. The van der Waals surface area contributed by atoms with Crippen LogP contribution >= 0.6 is 0 Å². The van der Waals surface area contributed by atoms with E-state index in [4.69, 9.17) is 5.73 Å². The molecule has 1 aromatic rings. The first kappa shape index (κ1) is 20.3. The molecule has 0 spiro atoms. The van der Waals surface area contributed by atoms with Gasteiger partial charge in [0.05, 0.1) is 4.90 Å². The number of hydrogen-bond donors (Lipinski definition) is 1. The van der Waals surface area contributed by atoms with Crippen LogP contribution in [0.15, 0.2) is 29.2 Å². The second-order valence-electron chi connectivity index (χ2n) is 8.33. The van der Waals surface area contributed by atoms with Crippen molar-refractivity contribution in [2.75, 3.05) is 26.7 Å². The SMILES string of the molecule is CN(C1CCCCC1)S(=O)(=O)c1ccc(C(=O)N2CCC(C)(CN)C2)cc1. The van der Waals surface area contributed by atoms with Crippen LogP contribution in [0.1, 0.15) is 55.8 Å². The second-order valence-corrected chi connectivity index (χ2v) is 10.3. The van der Waals surface area contributed by atoms with Crippen LogP contribution < -0.4 is 5.73 Å². The van der Waals surface area contributed by atoms with Crippen molar-refractivity contribution in [2.24, 2.45) is 11.1 Å². The molecule has 3 rings (SSSR count). The van der Waals surface area contributed by atoms with Gasteiger partial charge in [0.15, 0.2) is 0 Å². The fraction of sp³-hybridized carbons (Fsp3) is 0.650. The van der Waals surface area contributed by atoms with E-state index in [1.165, 1.54) is 10.7 Å².